The summed E-state index contributed by atoms with van der Waals surface area (Å²) in [6.45, 7) is 4.34. The van der Waals surface area contributed by atoms with Crippen LogP contribution in [0.1, 0.15) is 30.9 Å². The van der Waals surface area contributed by atoms with E-state index >= 15 is 0 Å². The molecule has 1 aromatic carbocycles. The van der Waals surface area contributed by atoms with Crippen molar-refractivity contribution in [1.29, 1.82) is 0 Å². The van der Waals surface area contributed by atoms with Crippen LogP contribution in [0.15, 0.2) is 18.2 Å². The Morgan fingerprint density at radius 3 is 2.54 bits per heavy atom. The highest BCUT2D eigenvalue weighted by Gasteiger charge is 2.06. The minimum Gasteiger partial charge on any atom is -0.496 e. The molecule has 0 aliphatic heterocycles. The molecule has 0 saturated carbocycles. The zero-order valence-corrected chi connectivity index (χ0v) is 9.89. The van der Waals surface area contributed by atoms with Gasteiger partial charge in [0.25, 0.3) is 0 Å². The number of hydrogen-bond donors (Lipinski definition) is 0. The maximum absolute atomic E-state index is 5.33. The number of rotatable bonds is 3. The lowest BCUT2D eigenvalue weighted by Gasteiger charge is -2.12. The number of ether oxygens (including phenoxy) is 1. The number of alkyl halides is 1. The third-order valence-electron chi connectivity index (χ3n) is 2.07. The molecule has 0 atom stereocenters. The Morgan fingerprint density at radius 2 is 2.08 bits per heavy atom. The van der Waals surface area contributed by atoms with Gasteiger partial charge in [0, 0.05) is 5.33 Å². The van der Waals surface area contributed by atoms with Crippen LogP contribution in [-0.4, -0.2) is 7.11 Å². The van der Waals surface area contributed by atoms with Gasteiger partial charge < -0.3 is 4.74 Å². The molecule has 0 aliphatic carbocycles. The van der Waals surface area contributed by atoms with E-state index in [1.54, 1.807) is 7.11 Å². The number of methoxy groups -OCH3 is 1. The molecule has 13 heavy (non-hydrogen) atoms. The minimum absolute atomic E-state index is 0.513. The van der Waals surface area contributed by atoms with Crippen LogP contribution < -0.4 is 4.74 Å². The van der Waals surface area contributed by atoms with Crippen molar-refractivity contribution >= 4 is 15.9 Å². The first kappa shape index (κ1) is 10.6. The lowest BCUT2D eigenvalue weighted by molar-refractivity contribution is 0.407. The Hall–Kier alpha value is -0.500. The summed E-state index contributed by atoms with van der Waals surface area (Å²) in [6.07, 6.45) is 0. The molecule has 1 aromatic rings. The molecule has 1 rings (SSSR count). The van der Waals surface area contributed by atoms with Crippen LogP contribution in [0.3, 0.4) is 0 Å². The molecule has 0 radical (unpaired) electrons. The van der Waals surface area contributed by atoms with Crippen LogP contribution in [0.5, 0.6) is 5.75 Å². The van der Waals surface area contributed by atoms with Crippen molar-refractivity contribution in [2.45, 2.75) is 25.1 Å². The largest absolute Gasteiger partial charge is 0.496 e. The molecule has 0 aliphatic rings. The smallest absolute Gasteiger partial charge is 0.122 e. The molecule has 1 nitrogen and oxygen atoms in total. The summed E-state index contributed by atoms with van der Waals surface area (Å²) in [4.78, 5) is 0. The first-order valence-electron chi connectivity index (χ1n) is 4.41. The summed E-state index contributed by atoms with van der Waals surface area (Å²) in [5.74, 6) is 1.51. The Bertz CT molecular complexity index is 281. The fourth-order valence-electron chi connectivity index (χ4n) is 1.32. The van der Waals surface area contributed by atoms with Gasteiger partial charge in [0.1, 0.15) is 5.75 Å². The van der Waals surface area contributed by atoms with E-state index in [4.69, 9.17) is 4.74 Å². The summed E-state index contributed by atoms with van der Waals surface area (Å²) in [5, 5.41) is 0.877. The topological polar surface area (TPSA) is 9.23 Å². The van der Waals surface area contributed by atoms with Gasteiger partial charge in [-0.05, 0) is 23.1 Å². The normalized spacial score (nSPS) is 10.5. The number of hydrogen-bond acceptors (Lipinski definition) is 1. The second kappa shape index (κ2) is 4.66. The molecular weight excluding hydrogens is 228 g/mol. The van der Waals surface area contributed by atoms with E-state index in [0.29, 0.717) is 5.92 Å². The van der Waals surface area contributed by atoms with Crippen molar-refractivity contribution in [3.8, 4) is 5.75 Å². The Balaban J connectivity index is 3.08. The minimum atomic E-state index is 0.513. The Kier molecular flexibility index (Phi) is 3.79. The Labute approximate surface area is 88.2 Å². The number of halogens is 1. The predicted octanol–water partition coefficient (Wildman–Crippen LogP) is 3.71. The van der Waals surface area contributed by atoms with Crippen molar-refractivity contribution in [2.75, 3.05) is 7.11 Å². The third-order valence-corrected chi connectivity index (χ3v) is 2.72. The molecule has 0 spiro atoms. The average Bonchev–Trinajstić information content (AvgIpc) is 2.16. The van der Waals surface area contributed by atoms with Crippen molar-refractivity contribution < 1.29 is 4.74 Å². The predicted molar refractivity (Wildman–Crippen MR) is 59.7 cm³/mol. The van der Waals surface area contributed by atoms with Crippen molar-refractivity contribution in [3.63, 3.8) is 0 Å². The quantitative estimate of drug-likeness (QED) is 0.735. The van der Waals surface area contributed by atoms with Gasteiger partial charge in [0.15, 0.2) is 0 Å². The first-order valence-corrected chi connectivity index (χ1v) is 5.54. The van der Waals surface area contributed by atoms with Gasteiger partial charge in [-0.3, -0.25) is 0 Å². The standard InChI is InChI=1S/C11H15BrO/c1-8(2)10-5-4-9(7-12)6-11(10)13-3/h4-6,8H,7H2,1-3H3. The van der Waals surface area contributed by atoms with E-state index in [0.717, 1.165) is 11.1 Å². The van der Waals surface area contributed by atoms with Gasteiger partial charge in [-0.1, -0.05) is 41.9 Å². The van der Waals surface area contributed by atoms with Crippen LogP contribution in [0.4, 0.5) is 0 Å². The van der Waals surface area contributed by atoms with Crippen molar-refractivity contribution in [2.24, 2.45) is 0 Å². The Morgan fingerprint density at radius 1 is 1.38 bits per heavy atom. The molecule has 0 aromatic heterocycles. The zero-order chi connectivity index (χ0) is 9.84. The maximum Gasteiger partial charge on any atom is 0.122 e. The van der Waals surface area contributed by atoms with Crippen LogP contribution in [0.2, 0.25) is 0 Å². The van der Waals surface area contributed by atoms with Gasteiger partial charge in [-0.15, -0.1) is 0 Å². The highest BCUT2D eigenvalue weighted by molar-refractivity contribution is 9.08. The van der Waals surface area contributed by atoms with Crippen molar-refractivity contribution in [1.82, 2.24) is 0 Å². The van der Waals surface area contributed by atoms with Gasteiger partial charge in [-0.25, -0.2) is 0 Å². The summed E-state index contributed by atoms with van der Waals surface area (Å²) >= 11 is 3.43. The molecule has 0 bridgehead atoms. The van der Waals surface area contributed by atoms with Crippen LogP contribution in [0.25, 0.3) is 0 Å². The average molecular weight is 243 g/mol. The van der Waals surface area contributed by atoms with E-state index in [9.17, 15) is 0 Å². The molecule has 0 N–H and O–H groups in total. The lowest BCUT2D eigenvalue weighted by atomic mass is 10.0. The van der Waals surface area contributed by atoms with E-state index in [-0.39, 0.29) is 0 Å². The van der Waals surface area contributed by atoms with Gasteiger partial charge in [0.2, 0.25) is 0 Å². The molecule has 0 fully saturated rings. The monoisotopic (exact) mass is 242 g/mol. The van der Waals surface area contributed by atoms with Crippen LogP contribution >= 0.6 is 15.9 Å². The fraction of sp³-hybridized carbons (Fsp3) is 0.455. The molecule has 72 valence electrons. The van der Waals surface area contributed by atoms with Gasteiger partial charge in [-0.2, -0.15) is 0 Å². The number of benzene rings is 1. The highest BCUT2D eigenvalue weighted by atomic mass is 79.9. The highest BCUT2D eigenvalue weighted by Crippen LogP contribution is 2.27. The zero-order valence-electron chi connectivity index (χ0n) is 8.30. The third kappa shape index (κ3) is 2.47. The SMILES string of the molecule is COc1cc(CBr)ccc1C(C)C. The molecule has 0 amide bonds. The van der Waals surface area contributed by atoms with Crippen molar-refractivity contribution in [3.05, 3.63) is 29.3 Å². The summed E-state index contributed by atoms with van der Waals surface area (Å²) in [6, 6.07) is 6.36. The second-order valence-corrected chi connectivity index (χ2v) is 3.93. The molecule has 0 unspecified atom stereocenters. The summed E-state index contributed by atoms with van der Waals surface area (Å²) in [5.41, 5.74) is 2.52. The molecule has 0 saturated heterocycles. The van der Waals surface area contributed by atoms with E-state index in [1.807, 2.05) is 0 Å². The fourth-order valence-corrected chi connectivity index (χ4v) is 1.66. The second-order valence-electron chi connectivity index (χ2n) is 3.36. The van der Waals surface area contributed by atoms with E-state index in [1.165, 1.54) is 11.1 Å². The van der Waals surface area contributed by atoms with Crippen LogP contribution in [0, 0.1) is 0 Å². The van der Waals surface area contributed by atoms with Crippen LogP contribution in [-0.2, 0) is 5.33 Å². The lowest BCUT2D eigenvalue weighted by Crippen LogP contribution is -1.95. The summed E-state index contributed by atoms with van der Waals surface area (Å²) < 4.78 is 5.33. The van der Waals surface area contributed by atoms with E-state index in [2.05, 4.69) is 48.0 Å². The van der Waals surface area contributed by atoms with E-state index < -0.39 is 0 Å². The molecule has 0 heterocycles. The van der Waals surface area contributed by atoms with Gasteiger partial charge >= 0.3 is 0 Å². The molecule has 2 heteroatoms. The summed E-state index contributed by atoms with van der Waals surface area (Å²) in [7, 11) is 1.72. The molecular formula is C11H15BrO. The maximum atomic E-state index is 5.33. The first-order chi connectivity index (χ1) is 6.19. The van der Waals surface area contributed by atoms with Gasteiger partial charge in [0.05, 0.1) is 7.11 Å².